The molecule has 8 atom stereocenters. The van der Waals surface area contributed by atoms with Crippen molar-refractivity contribution < 1.29 is 25.6 Å². The summed E-state index contributed by atoms with van der Waals surface area (Å²) in [5, 5.41) is 0. The molecule has 0 amide bonds. The Kier molecular flexibility index (Phi) is 0.237. The van der Waals surface area contributed by atoms with Crippen LogP contribution in [-0.4, -0.2) is 20.9 Å². The molecule has 0 N–H and O–H groups in total. The van der Waals surface area contributed by atoms with Gasteiger partial charge in [0, 0.05) is 0 Å². The van der Waals surface area contributed by atoms with E-state index in [4.69, 9.17) is 9.47 Å². The summed E-state index contributed by atoms with van der Waals surface area (Å²) < 4.78 is 12.3. The van der Waals surface area contributed by atoms with Crippen molar-refractivity contribution >= 4 is 11.9 Å². The minimum atomic E-state index is -3.80. The molecule has 10 saturated heterocycles. The molecule has 0 aromatic rings. The molecule has 5 heteroatoms. The van der Waals surface area contributed by atoms with Gasteiger partial charge in [0.25, 0.3) is 0 Å². The standard InChI is InChI=1S/2C7H7O2.Fe/c2*1-6(8)9-7-4-2-3-5-7;/h2*2-5H,1H3;. The van der Waals surface area contributed by atoms with Gasteiger partial charge in [0.1, 0.15) is 0 Å². The van der Waals surface area contributed by atoms with E-state index in [9.17, 15) is 9.59 Å². The van der Waals surface area contributed by atoms with Crippen LogP contribution in [0.15, 0.2) is 0 Å². The van der Waals surface area contributed by atoms with Gasteiger partial charge in [-0.1, -0.05) is 0 Å². The maximum atomic E-state index is 11.7. The summed E-state index contributed by atoms with van der Waals surface area (Å²) in [4.78, 5) is 30.3. The van der Waals surface area contributed by atoms with Crippen molar-refractivity contribution in [2.24, 2.45) is 0 Å². The normalized spacial score (nSPS) is 111. The van der Waals surface area contributed by atoms with E-state index in [1.54, 1.807) is 13.8 Å². The van der Waals surface area contributed by atoms with Crippen molar-refractivity contribution in [2.75, 3.05) is 0 Å². The van der Waals surface area contributed by atoms with Crippen LogP contribution >= 0.6 is 0 Å². The summed E-state index contributed by atoms with van der Waals surface area (Å²) in [5.74, 6) is -0.156. The first-order chi connectivity index (χ1) is 8.76. The molecular weight excluding hydrogens is 288 g/mol. The Hall–Kier alpha value is -0.541. The molecule has 0 aromatic heterocycles. The first kappa shape index (κ1) is 7.46. The van der Waals surface area contributed by atoms with Crippen molar-refractivity contribution in [3.63, 3.8) is 0 Å². The molecule has 4 nitrogen and oxygen atoms in total. The molecule has 0 saturated carbocycles. The third kappa shape index (κ3) is 0.0753. The summed E-state index contributed by atoms with van der Waals surface area (Å²) in [6.07, 6.45) is 0. The average molecular weight is 302 g/mol. The molecule has 0 aromatic carbocycles. The van der Waals surface area contributed by atoms with E-state index in [0.717, 1.165) is 38.5 Å². The van der Waals surface area contributed by atoms with E-state index in [0.29, 0.717) is 0 Å². The Morgan fingerprint density at radius 3 is 1.32 bits per heavy atom. The first-order valence-corrected chi connectivity index (χ1v) is 13.6. The van der Waals surface area contributed by atoms with Crippen LogP contribution in [0.5, 0.6) is 0 Å². The number of hydrogen-bond acceptors (Lipinski definition) is 4. The van der Waals surface area contributed by atoms with E-state index in [-0.39, 0.29) is 20.9 Å². The molecule has 8 unspecified atom stereocenters. The van der Waals surface area contributed by atoms with Crippen molar-refractivity contribution in [1.29, 1.82) is 0 Å². The second kappa shape index (κ2) is 0.604. The van der Waals surface area contributed by atoms with Gasteiger partial charge in [0.2, 0.25) is 0 Å². The molecule has 10 aliphatic heterocycles. The fraction of sp³-hybridized carbons (Fsp3) is 0.857. The Morgan fingerprint density at radius 2 is 1.11 bits per heavy atom. The quantitative estimate of drug-likeness (QED) is 0.580. The summed E-state index contributed by atoms with van der Waals surface area (Å²) in [6, 6.07) is 0. The summed E-state index contributed by atoms with van der Waals surface area (Å²) in [5.41, 5.74) is 0. The Balaban J connectivity index is 1.51. The maximum absolute atomic E-state index is 11.7. The topological polar surface area (TPSA) is 52.6 Å². The molecule has 1 spiro atoms. The van der Waals surface area contributed by atoms with Crippen LogP contribution in [0.1, 0.15) is 13.8 Å². The SMILES string of the molecule is CC(=O)O[C]12[CH]3[CH]4[CH]5[CH]1[Fe]45321678[CH]2[CH]1[CH]6[C]7(OC(C)=O)[CH]28. The Morgan fingerprint density at radius 1 is 0.789 bits per heavy atom. The number of fused-ring (bicyclic) bond motifs is 10. The van der Waals surface area contributed by atoms with Gasteiger partial charge < -0.3 is 0 Å². The van der Waals surface area contributed by atoms with E-state index in [1.165, 1.54) is 0 Å². The van der Waals surface area contributed by atoms with Gasteiger partial charge in [-0.25, -0.2) is 0 Å². The van der Waals surface area contributed by atoms with Crippen LogP contribution in [0.3, 0.4) is 0 Å². The second-order valence-corrected chi connectivity index (χ2v) is 33.9. The van der Waals surface area contributed by atoms with Crippen LogP contribution < -0.4 is 0 Å². The fourth-order valence-electron chi connectivity index (χ4n) is 17.1. The predicted octanol–water partition coefficient (Wildman–Crippen LogP) is 2.32. The molecular formula is C14H14FeO4. The number of carbonyl (C=O) groups is 2. The Labute approximate surface area is 99.0 Å². The van der Waals surface area contributed by atoms with Crippen molar-refractivity contribution in [2.45, 2.75) is 61.4 Å². The number of esters is 2. The third-order valence-corrected chi connectivity index (χ3v) is 56.9. The van der Waals surface area contributed by atoms with Gasteiger partial charge in [-0.2, -0.15) is 0 Å². The zero-order chi connectivity index (χ0) is 12.5. The summed E-state index contributed by atoms with van der Waals surface area (Å²) in [6.45, 7) is -0.647. The van der Waals surface area contributed by atoms with E-state index in [1.807, 2.05) is 0 Å². The van der Waals surface area contributed by atoms with Crippen LogP contribution in [-0.2, 0) is 25.6 Å². The van der Waals surface area contributed by atoms with Crippen LogP contribution in [0, 0.1) is 0 Å². The van der Waals surface area contributed by atoms with Gasteiger partial charge in [0.15, 0.2) is 0 Å². The fourth-order valence-corrected chi connectivity index (χ4v) is 89.5. The van der Waals surface area contributed by atoms with Gasteiger partial charge in [-0.05, 0) is 0 Å². The van der Waals surface area contributed by atoms with Crippen molar-refractivity contribution in [3.05, 3.63) is 0 Å². The van der Waals surface area contributed by atoms with Gasteiger partial charge >= 0.3 is 98.9 Å². The second-order valence-electron chi connectivity index (χ2n) is 10.8. The Bertz CT molecular complexity index is 1030. The molecule has 10 rings (SSSR count). The van der Waals surface area contributed by atoms with Crippen molar-refractivity contribution in [3.8, 4) is 0 Å². The minimum absolute atomic E-state index is 0.0374. The predicted molar refractivity (Wildman–Crippen MR) is 59.0 cm³/mol. The summed E-state index contributed by atoms with van der Waals surface area (Å²) in [7, 11) is 0. The van der Waals surface area contributed by atoms with Gasteiger partial charge in [-0.15, -0.1) is 0 Å². The molecule has 10 heterocycles. The number of carbonyl (C=O) groups excluding carboxylic acids is 2. The molecule has 10 fully saturated rings. The van der Waals surface area contributed by atoms with Crippen LogP contribution in [0.2, 0.25) is 38.5 Å². The zero-order valence-corrected chi connectivity index (χ0v) is 11.7. The van der Waals surface area contributed by atoms with Crippen molar-refractivity contribution in [1.82, 2.24) is 0 Å². The first-order valence-electron chi connectivity index (χ1n) is 7.37. The number of rotatable bonds is 2. The van der Waals surface area contributed by atoms with E-state index >= 15 is 0 Å². The van der Waals surface area contributed by atoms with Gasteiger partial charge in [-0.3, -0.25) is 0 Å². The van der Waals surface area contributed by atoms with Gasteiger partial charge in [0.05, 0.1) is 0 Å². The molecule has 10 aliphatic rings. The van der Waals surface area contributed by atoms with Crippen LogP contribution in [0.25, 0.3) is 0 Å². The number of ether oxygens (including phenoxy) is 2. The molecule has 102 valence electrons. The monoisotopic (exact) mass is 302 g/mol. The molecule has 19 heavy (non-hydrogen) atoms. The zero-order valence-electron chi connectivity index (χ0n) is 10.6. The molecule has 0 bridgehead atoms. The third-order valence-electron chi connectivity index (χ3n) is 15.2. The average Bonchev–Trinajstić information content (AvgIpc) is 3.22. The summed E-state index contributed by atoms with van der Waals surface area (Å²) >= 11 is 0. The van der Waals surface area contributed by atoms with E-state index in [2.05, 4.69) is 0 Å². The molecule has 0 radical (unpaired) electrons. The number of hydrogen-bond donors (Lipinski definition) is 0. The molecule has 0 aliphatic carbocycles. The van der Waals surface area contributed by atoms with E-state index < -0.39 is 6.51 Å². The van der Waals surface area contributed by atoms with Crippen LogP contribution in [0.4, 0.5) is 0 Å².